The van der Waals surface area contributed by atoms with E-state index in [2.05, 4.69) is 0 Å². The van der Waals surface area contributed by atoms with E-state index in [9.17, 15) is 4.39 Å². The molecule has 0 bridgehead atoms. The quantitative estimate of drug-likeness (QED) is 0.730. The Morgan fingerprint density at radius 3 is 2.45 bits per heavy atom. The normalized spacial score (nSPS) is 13.9. The largest absolute Gasteiger partial charge is 0.324 e. The molecule has 0 saturated carbocycles. The number of rotatable bonds is 2. The molecule has 0 aliphatic rings. The maximum Gasteiger partial charge on any atom is 0.138 e. The van der Waals surface area contributed by atoms with Crippen LogP contribution >= 0.6 is 11.3 Å². The minimum Gasteiger partial charge on any atom is -0.324 e. The molecule has 0 amide bonds. The summed E-state index contributed by atoms with van der Waals surface area (Å²) in [5.74, 6) is 0.121. The predicted octanol–water partition coefficient (Wildman–Crippen LogP) is 2.54. The molecule has 1 rings (SSSR count). The Bertz CT molecular complexity index is 232. The lowest BCUT2D eigenvalue weighted by molar-refractivity contribution is 0.488. The average molecular weight is 173 g/mol. The first kappa shape index (κ1) is 8.68. The first-order chi connectivity index (χ1) is 5.13. The first-order valence-electron chi connectivity index (χ1n) is 3.60. The van der Waals surface area contributed by atoms with Gasteiger partial charge < -0.3 is 5.73 Å². The molecule has 62 valence electrons. The van der Waals surface area contributed by atoms with Crippen molar-refractivity contribution in [3.05, 3.63) is 22.1 Å². The van der Waals surface area contributed by atoms with Crippen LogP contribution in [0, 0.1) is 11.7 Å². The second-order valence-corrected chi connectivity index (χ2v) is 3.69. The first-order valence-corrected chi connectivity index (χ1v) is 4.54. The Morgan fingerprint density at radius 1 is 1.45 bits per heavy atom. The topological polar surface area (TPSA) is 26.0 Å². The summed E-state index contributed by atoms with van der Waals surface area (Å²) in [7, 11) is 0. The molecule has 1 aromatic rings. The van der Waals surface area contributed by atoms with Crippen LogP contribution in [0.5, 0.6) is 0 Å². The Balaban J connectivity index is 2.84. The number of halogens is 1. The van der Waals surface area contributed by atoms with Gasteiger partial charge in [0, 0.05) is 17.0 Å². The smallest absolute Gasteiger partial charge is 0.138 e. The number of thiophene rings is 1. The van der Waals surface area contributed by atoms with E-state index in [1.165, 1.54) is 16.7 Å². The molecule has 0 spiro atoms. The molecule has 1 heterocycles. The summed E-state index contributed by atoms with van der Waals surface area (Å²) in [4.78, 5) is 0. The Labute approximate surface area is 70.0 Å². The second kappa shape index (κ2) is 3.32. The van der Waals surface area contributed by atoms with Crippen molar-refractivity contribution >= 4 is 11.3 Å². The lowest BCUT2D eigenvalue weighted by Gasteiger charge is -2.13. The molecule has 0 fully saturated rings. The maximum absolute atomic E-state index is 12.9. The monoisotopic (exact) mass is 173 g/mol. The molecule has 2 N–H and O–H groups in total. The van der Waals surface area contributed by atoms with Crippen LogP contribution in [0.25, 0.3) is 0 Å². The predicted molar refractivity (Wildman–Crippen MR) is 46.0 cm³/mol. The van der Waals surface area contributed by atoms with Crippen molar-refractivity contribution in [2.24, 2.45) is 11.7 Å². The van der Waals surface area contributed by atoms with Crippen LogP contribution in [0.3, 0.4) is 0 Å². The van der Waals surface area contributed by atoms with E-state index in [1.807, 2.05) is 13.8 Å². The fraction of sp³-hybridized carbons (Fsp3) is 0.500. The molecule has 3 heteroatoms. The van der Waals surface area contributed by atoms with Crippen LogP contribution in [0.1, 0.15) is 25.5 Å². The van der Waals surface area contributed by atoms with E-state index in [4.69, 9.17) is 5.73 Å². The zero-order chi connectivity index (χ0) is 8.43. The SMILES string of the molecule is CC(C)[C@H](N)c1cscc1F. The van der Waals surface area contributed by atoms with Gasteiger partial charge in [-0.2, -0.15) is 0 Å². The van der Waals surface area contributed by atoms with Gasteiger partial charge in [-0.25, -0.2) is 4.39 Å². The Kier molecular flexibility index (Phi) is 2.62. The summed E-state index contributed by atoms with van der Waals surface area (Å²) in [6.07, 6.45) is 0. The number of hydrogen-bond donors (Lipinski definition) is 1. The Hall–Kier alpha value is -0.410. The van der Waals surface area contributed by atoms with Crippen molar-refractivity contribution in [1.29, 1.82) is 0 Å². The van der Waals surface area contributed by atoms with Crippen molar-refractivity contribution in [1.82, 2.24) is 0 Å². The summed E-state index contributed by atoms with van der Waals surface area (Å²) in [5.41, 5.74) is 6.39. The van der Waals surface area contributed by atoms with Gasteiger partial charge in [-0.3, -0.25) is 0 Å². The van der Waals surface area contributed by atoms with Crippen molar-refractivity contribution in [3.63, 3.8) is 0 Å². The van der Waals surface area contributed by atoms with Gasteiger partial charge in [0.1, 0.15) is 5.82 Å². The highest BCUT2D eigenvalue weighted by molar-refractivity contribution is 7.08. The molecular formula is C8H12FNS. The van der Waals surface area contributed by atoms with E-state index < -0.39 is 0 Å². The lowest BCUT2D eigenvalue weighted by Crippen LogP contribution is -2.16. The molecule has 0 saturated heterocycles. The van der Waals surface area contributed by atoms with Crippen molar-refractivity contribution in [2.45, 2.75) is 19.9 Å². The van der Waals surface area contributed by atoms with Gasteiger partial charge in [0.2, 0.25) is 0 Å². The van der Waals surface area contributed by atoms with Crippen LogP contribution in [0.4, 0.5) is 4.39 Å². The highest BCUT2D eigenvalue weighted by Gasteiger charge is 2.14. The summed E-state index contributed by atoms with van der Waals surface area (Å²) < 4.78 is 12.9. The highest BCUT2D eigenvalue weighted by atomic mass is 32.1. The minimum atomic E-state index is -0.170. The van der Waals surface area contributed by atoms with Gasteiger partial charge in [-0.1, -0.05) is 13.8 Å². The lowest BCUT2D eigenvalue weighted by atomic mass is 10.00. The zero-order valence-electron chi connectivity index (χ0n) is 6.67. The highest BCUT2D eigenvalue weighted by Crippen LogP contribution is 2.24. The van der Waals surface area contributed by atoms with Gasteiger partial charge in [-0.15, -0.1) is 11.3 Å². The van der Waals surface area contributed by atoms with Gasteiger partial charge in [0.15, 0.2) is 0 Å². The van der Waals surface area contributed by atoms with Crippen LogP contribution < -0.4 is 5.73 Å². The van der Waals surface area contributed by atoms with Crippen molar-refractivity contribution in [2.75, 3.05) is 0 Å². The molecule has 1 nitrogen and oxygen atoms in total. The summed E-state index contributed by atoms with van der Waals surface area (Å²) >= 11 is 1.36. The molecule has 0 aromatic carbocycles. The number of hydrogen-bond acceptors (Lipinski definition) is 2. The van der Waals surface area contributed by atoms with Crippen LogP contribution in [0.15, 0.2) is 10.8 Å². The third-order valence-corrected chi connectivity index (χ3v) is 2.45. The molecule has 0 aliphatic carbocycles. The molecule has 1 atom stereocenters. The molecule has 0 unspecified atom stereocenters. The third kappa shape index (κ3) is 1.79. The maximum atomic E-state index is 12.9. The molecular weight excluding hydrogens is 161 g/mol. The second-order valence-electron chi connectivity index (χ2n) is 2.94. The van der Waals surface area contributed by atoms with Gasteiger partial charge in [0.05, 0.1) is 0 Å². The van der Waals surface area contributed by atoms with Crippen LogP contribution in [-0.2, 0) is 0 Å². The third-order valence-electron chi connectivity index (χ3n) is 1.72. The minimum absolute atomic E-state index is 0.166. The van der Waals surface area contributed by atoms with Gasteiger partial charge in [0.25, 0.3) is 0 Å². The van der Waals surface area contributed by atoms with Crippen LogP contribution in [0.2, 0.25) is 0 Å². The standard InChI is InChI=1S/C8H12FNS/c1-5(2)8(10)6-3-11-4-7(6)9/h3-5,8H,10H2,1-2H3/t8-/m0/s1. The number of nitrogens with two attached hydrogens (primary N) is 1. The van der Waals surface area contributed by atoms with E-state index in [0.29, 0.717) is 11.5 Å². The van der Waals surface area contributed by atoms with E-state index >= 15 is 0 Å². The molecule has 0 radical (unpaired) electrons. The average Bonchev–Trinajstić information content (AvgIpc) is 2.33. The van der Waals surface area contributed by atoms with Gasteiger partial charge >= 0.3 is 0 Å². The van der Waals surface area contributed by atoms with Crippen LogP contribution in [-0.4, -0.2) is 0 Å². The summed E-state index contributed by atoms with van der Waals surface area (Å²) in [6.45, 7) is 3.98. The summed E-state index contributed by atoms with van der Waals surface area (Å²) in [5, 5.41) is 3.26. The van der Waals surface area contributed by atoms with Crippen molar-refractivity contribution in [3.8, 4) is 0 Å². The Morgan fingerprint density at radius 2 is 2.09 bits per heavy atom. The zero-order valence-corrected chi connectivity index (χ0v) is 7.49. The molecule has 11 heavy (non-hydrogen) atoms. The van der Waals surface area contributed by atoms with E-state index in [1.54, 1.807) is 5.38 Å². The van der Waals surface area contributed by atoms with E-state index in [-0.39, 0.29) is 11.9 Å². The fourth-order valence-electron chi connectivity index (χ4n) is 0.888. The summed E-state index contributed by atoms with van der Waals surface area (Å²) in [6, 6.07) is -0.166. The van der Waals surface area contributed by atoms with Crippen molar-refractivity contribution < 1.29 is 4.39 Å². The fourth-order valence-corrected chi connectivity index (χ4v) is 1.63. The van der Waals surface area contributed by atoms with E-state index in [0.717, 1.165) is 0 Å². The molecule has 1 aromatic heterocycles. The van der Waals surface area contributed by atoms with Gasteiger partial charge in [-0.05, 0) is 11.3 Å². The molecule has 0 aliphatic heterocycles.